The SMILES string of the molecule is CC(C)[C@H](O)C(=O)N[C@H]1Cc2ccc3c(c2)C2(c4ccccc4NC2O3)c2oc(nc2C(=O)NCCc2c[nH]c3ccccc23)[C@H](C(C)C)NC1=O. The van der Waals surface area contributed by atoms with E-state index in [1.54, 1.807) is 13.8 Å². The second-order valence-corrected chi connectivity index (χ2v) is 14.6. The summed E-state index contributed by atoms with van der Waals surface area (Å²) in [6.45, 7) is 7.66. The van der Waals surface area contributed by atoms with Crippen molar-refractivity contribution in [1.82, 2.24) is 25.9 Å². The molecule has 0 aliphatic carbocycles. The zero-order valence-electron chi connectivity index (χ0n) is 29.4. The summed E-state index contributed by atoms with van der Waals surface area (Å²) in [5.41, 5.74) is 4.28. The topological polar surface area (TPSA) is 171 Å². The summed E-state index contributed by atoms with van der Waals surface area (Å²) < 4.78 is 13.4. The van der Waals surface area contributed by atoms with E-state index in [4.69, 9.17) is 14.1 Å². The molecular weight excluding hydrogens is 660 g/mol. The van der Waals surface area contributed by atoms with Crippen molar-refractivity contribution in [3.63, 3.8) is 0 Å². The van der Waals surface area contributed by atoms with Crippen LogP contribution in [-0.2, 0) is 27.8 Å². The number of aromatic nitrogens is 2. The number of nitrogens with zero attached hydrogens (tertiary/aromatic N) is 1. The monoisotopic (exact) mass is 702 g/mol. The van der Waals surface area contributed by atoms with Crippen LogP contribution in [0.5, 0.6) is 5.75 Å². The van der Waals surface area contributed by atoms with Crippen LogP contribution < -0.4 is 26.0 Å². The standard InChI is InChI=1S/C40H42N6O6/c1-20(2)31-38-46-32(36(49)41-16-15-23-19-42-27-11-7-5-9-24(23)27)34(52-38)40-25-10-6-8-12-28(25)44-39(40)51-30-14-13-22(17-26(30)40)18-29(35(48)45-31)43-37(50)33(47)21(3)4/h5-14,17,19-21,29,31,33,39,42,44,47H,15-16,18H2,1-4H3,(H,41,49)(H,43,50)(H,45,48)/t29-,31-,33-,39?,40?/m0/s1. The summed E-state index contributed by atoms with van der Waals surface area (Å²) in [6, 6.07) is 19.7. The predicted octanol–water partition coefficient (Wildman–Crippen LogP) is 4.48. The van der Waals surface area contributed by atoms with Crippen molar-refractivity contribution < 1.29 is 28.6 Å². The first-order chi connectivity index (χ1) is 25.1. The van der Waals surface area contributed by atoms with Gasteiger partial charge in [-0.25, -0.2) is 4.98 Å². The molecule has 3 aliphatic heterocycles. The number of hydrogen-bond acceptors (Lipinski definition) is 8. The molecule has 3 aromatic carbocycles. The lowest BCUT2D eigenvalue weighted by Gasteiger charge is -2.29. The van der Waals surface area contributed by atoms with Crippen molar-refractivity contribution in [2.45, 2.75) is 70.4 Å². The molecule has 268 valence electrons. The van der Waals surface area contributed by atoms with Gasteiger partial charge in [0.1, 0.15) is 29.4 Å². The van der Waals surface area contributed by atoms with Gasteiger partial charge < -0.3 is 40.5 Å². The number of oxazole rings is 1. The number of H-pyrrole nitrogens is 1. The van der Waals surface area contributed by atoms with Gasteiger partial charge in [0.15, 0.2) is 17.7 Å². The molecule has 5 aromatic rings. The second kappa shape index (κ2) is 12.9. The van der Waals surface area contributed by atoms with Crippen LogP contribution >= 0.6 is 0 Å². The number of rotatable bonds is 8. The molecule has 52 heavy (non-hydrogen) atoms. The highest BCUT2D eigenvalue weighted by Crippen LogP contribution is 2.58. The molecular formula is C40H42N6O6. The number of aromatic amines is 1. The molecule has 8 rings (SSSR count). The summed E-state index contributed by atoms with van der Waals surface area (Å²) >= 11 is 0. The predicted molar refractivity (Wildman–Crippen MR) is 194 cm³/mol. The molecule has 0 radical (unpaired) electrons. The van der Waals surface area contributed by atoms with Gasteiger partial charge in [-0.2, -0.15) is 0 Å². The minimum absolute atomic E-state index is 0.100. The second-order valence-electron chi connectivity index (χ2n) is 14.6. The highest BCUT2D eigenvalue weighted by molar-refractivity contribution is 5.95. The fourth-order valence-electron chi connectivity index (χ4n) is 7.75. The Kier molecular flexibility index (Phi) is 8.29. The van der Waals surface area contributed by atoms with E-state index in [9.17, 15) is 19.5 Å². The maximum Gasteiger partial charge on any atom is 0.273 e. The lowest BCUT2D eigenvalue weighted by atomic mass is 9.72. The Morgan fingerprint density at radius 1 is 1.02 bits per heavy atom. The number of aliphatic hydroxyl groups is 1. The maximum atomic E-state index is 14.4. The molecule has 6 N–H and O–H groups in total. The largest absolute Gasteiger partial charge is 0.469 e. The summed E-state index contributed by atoms with van der Waals surface area (Å²) in [7, 11) is 0. The molecule has 5 atom stereocenters. The van der Waals surface area contributed by atoms with Gasteiger partial charge in [0.2, 0.25) is 17.7 Å². The van der Waals surface area contributed by atoms with Crippen LogP contribution in [0.1, 0.15) is 78.1 Å². The molecule has 0 saturated heterocycles. The van der Waals surface area contributed by atoms with Gasteiger partial charge in [0, 0.05) is 41.3 Å². The third-order valence-corrected chi connectivity index (χ3v) is 10.5. The number of nitrogens with one attached hydrogen (secondary N) is 5. The zero-order chi connectivity index (χ0) is 36.3. The van der Waals surface area contributed by atoms with E-state index in [2.05, 4.69) is 32.3 Å². The highest BCUT2D eigenvalue weighted by atomic mass is 16.5. The van der Waals surface area contributed by atoms with Gasteiger partial charge in [0.05, 0.1) is 0 Å². The average molecular weight is 703 g/mol. The first-order valence-electron chi connectivity index (χ1n) is 17.9. The van der Waals surface area contributed by atoms with Crippen LogP contribution in [0.4, 0.5) is 5.69 Å². The summed E-state index contributed by atoms with van der Waals surface area (Å²) in [6.07, 6.45) is 0.735. The van der Waals surface area contributed by atoms with Crippen molar-refractivity contribution in [1.29, 1.82) is 0 Å². The van der Waals surface area contributed by atoms with E-state index >= 15 is 0 Å². The van der Waals surface area contributed by atoms with E-state index in [-0.39, 0.29) is 29.8 Å². The Morgan fingerprint density at radius 3 is 2.62 bits per heavy atom. The molecule has 12 nitrogen and oxygen atoms in total. The summed E-state index contributed by atoms with van der Waals surface area (Å²) in [5, 5.41) is 24.1. The Balaban J connectivity index is 1.25. The van der Waals surface area contributed by atoms with Crippen LogP contribution in [0.15, 0.2) is 77.3 Å². The Labute approximate surface area is 300 Å². The van der Waals surface area contributed by atoms with Crippen molar-refractivity contribution in [2.24, 2.45) is 11.8 Å². The third kappa shape index (κ3) is 5.40. The van der Waals surface area contributed by atoms with E-state index in [0.717, 1.165) is 38.8 Å². The maximum absolute atomic E-state index is 14.4. The van der Waals surface area contributed by atoms with Crippen LogP contribution in [0, 0.1) is 11.8 Å². The molecule has 3 amide bonds. The van der Waals surface area contributed by atoms with E-state index in [1.165, 1.54) is 0 Å². The molecule has 12 heteroatoms. The molecule has 2 unspecified atom stereocenters. The number of aliphatic hydroxyl groups excluding tert-OH is 1. The fraction of sp³-hybridized carbons (Fsp3) is 0.350. The van der Waals surface area contributed by atoms with Crippen LogP contribution in [0.25, 0.3) is 10.9 Å². The normalized spacial score (nSPS) is 22.1. The molecule has 3 aliphatic rings. The number of para-hydroxylation sites is 2. The third-order valence-electron chi connectivity index (χ3n) is 10.5. The number of carbonyl (C=O) groups excluding carboxylic acids is 3. The lowest BCUT2D eigenvalue weighted by molar-refractivity contribution is -0.135. The number of ether oxygens (including phenoxy) is 1. The molecule has 4 bridgehead atoms. The summed E-state index contributed by atoms with van der Waals surface area (Å²) in [4.78, 5) is 49.7. The smallest absolute Gasteiger partial charge is 0.273 e. The molecule has 1 spiro atoms. The highest BCUT2D eigenvalue weighted by Gasteiger charge is 2.61. The van der Waals surface area contributed by atoms with E-state index in [1.807, 2.05) is 80.7 Å². The number of fused-ring (bicyclic) bond motifs is 5. The van der Waals surface area contributed by atoms with Gasteiger partial charge in [-0.05, 0) is 53.1 Å². The first kappa shape index (κ1) is 33.5. The minimum Gasteiger partial charge on any atom is -0.469 e. The van der Waals surface area contributed by atoms with E-state index < -0.39 is 47.6 Å². The quantitative estimate of drug-likeness (QED) is 0.138. The van der Waals surface area contributed by atoms with Gasteiger partial charge >= 0.3 is 0 Å². The van der Waals surface area contributed by atoms with Crippen LogP contribution in [0.3, 0.4) is 0 Å². The first-order valence-corrected chi connectivity index (χ1v) is 17.9. The van der Waals surface area contributed by atoms with Gasteiger partial charge in [0.25, 0.3) is 5.91 Å². The van der Waals surface area contributed by atoms with Gasteiger partial charge in [-0.15, -0.1) is 0 Å². The van der Waals surface area contributed by atoms with Crippen molar-refractivity contribution >= 4 is 34.3 Å². The van der Waals surface area contributed by atoms with Crippen molar-refractivity contribution in [2.75, 3.05) is 11.9 Å². The number of hydrogen-bond donors (Lipinski definition) is 6. The van der Waals surface area contributed by atoms with Gasteiger partial charge in [-0.3, -0.25) is 14.4 Å². The van der Waals surface area contributed by atoms with Gasteiger partial charge in [-0.1, -0.05) is 76.2 Å². The van der Waals surface area contributed by atoms with E-state index in [0.29, 0.717) is 24.5 Å². The Hall–Kier alpha value is -5.62. The molecule has 0 fully saturated rings. The molecule has 5 heterocycles. The minimum atomic E-state index is -1.29. The van der Waals surface area contributed by atoms with Crippen LogP contribution in [-0.4, -0.2) is 57.7 Å². The summed E-state index contributed by atoms with van der Waals surface area (Å²) in [5.74, 6) is -1.01. The van der Waals surface area contributed by atoms with Crippen molar-refractivity contribution in [3.05, 3.63) is 113 Å². The number of carbonyl (C=O) groups is 3. The van der Waals surface area contributed by atoms with Crippen LogP contribution in [0.2, 0.25) is 0 Å². The Morgan fingerprint density at radius 2 is 1.81 bits per heavy atom. The molecule has 2 aromatic heterocycles. The molecule has 0 saturated carbocycles. The number of anilines is 1. The lowest BCUT2D eigenvalue weighted by Crippen LogP contribution is -2.52. The Bertz CT molecular complexity index is 2210. The number of amides is 3. The van der Waals surface area contributed by atoms with Crippen molar-refractivity contribution in [3.8, 4) is 5.75 Å². The zero-order valence-corrected chi connectivity index (χ0v) is 29.4. The fourth-order valence-corrected chi connectivity index (χ4v) is 7.75. The average Bonchev–Trinajstić information content (AvgIpc) is 3.89. The number of benzene rings is 3.